The molecule has 0 radical (unpaired) electrons. The van der Waals surface area contributed by atoms with Gasteiger partial charge in [0.05, 0.1) is 23.9 Å². The third-order valence-electron chi connectivity index (χ3n) is 4.52. The van der Waals surface area contributed by atoms with Gasteiger partial charge >= 0.3 is 6.18 Å². The number of aliphatic hydroxyl groups excluding tert-OH is 1. The molecule has 3 rings (SSSR count). The topological polar surface area (TPSA) is 71.5 Å². The van der Waals surface area contributed by atoms with E-state index in [4.69, 9.17) is 4.74 Å². The van der Waals surface area contributed by atoms with Crippen LogP contribution in [0.5, 0.6) is 5.75 Å². The van der Waals surface area contributed by atoms with E-state index in [1.54, 1.807) is 0 Å². The Morgan fingerprint density at radius 2 is 2.11 bits per heavy atom. The number of rotatable bonds is 5. The summed E-state index contributed by atoms with van der Waals surface area (Å²) in [5.74, 6) is -0.907. The highest BCUT2D eigenvalue weighted by molar-refractivity contribution is 5.87. The van der Waals surface area contributed by atoms with Crippen molar-refractivity contribution in [3.63, 3.8) is 0 Å². The van der Waals surface area contributed by atoms with E-state index < -0.39 is 29.4 Å². The molecule has 1 aliphatic carbocycles. The number of hydrogen-bond donors (Lipinski definition) is 2. The first-order valence-corrected chi connectivity index (χ1v) is 8.62. The minimum Gasteiger partial charge on any atom is -0.492 e. The summed E-state index contributed by atoms with van der Waals surface area (Å²) < 4.78 is 58.6. The Morgan fingerprint density at radius 3 is 2.86 bits per heavy atom. The summed E-state index contributed by atoms with van der Waals surface area (Å²) in [5, 5.41) is 12.3. The summed E-state index contributed by atoms with van der Waals surface area (Å²) in [6, 6.07) is 7.23. The van der Waals surface area contributed by atoms with Crippen LogP contribution in [0.4, 0.5) is 17.6 Å². The number of nitrogens with zero attached hydrogens (tertiary/aromatic N) is 1. The Kier molecular flexibility index (Phi) is 5.55. The Balaban J connectivity index is 1.59. The summed E-state index contributed by atoms with van der Waals surface area (Å²) >= 11 is 0. The molecule has 0 aliphatic heterocycles. The van der Waals surface area contributed by atoms with Crippen molar-refractivity contribution in [3.05, 3.63) is 59.4 Å². The zero-order chi connectivity index (χ0) is 20.4. The fourth-order valence-electron chi connectivity index (χ4n) is 3.10. The number of carbonyl (C=O) groups excluding carboxylic acids is 1. The second-order valence-electron chi connectivity index (χ2n) is 6.42. The van der Waals surface area contributed by atoms with Crippen LogP contribution in [0.2, 0.25) is 0 Å². The number of benzene rings is 1. The summed E-state index contributed by atoms with van der Waals surface area (Å²) in [6.45, 7) is -0.232. The first-order chi connectivity index (χ1) is 13.2. The van der Waals surface area contributed by atoms with Crippen molar-refractivity contribution < 1.29 is 32.2 Å². The van der Waals surface area contributed by atoms with Crippen LogP contribution in [0.3, 0.4) is 0 Å². The summed E-state index contributed by atoms with van der Waals surface area (Å²) in [5.41, 5.74) is -3.03. The molecule has 9 heteroatoms. The maximum atomic E-state index is 15.3. The van der Waals surface area contributed by atoms with Gasteiger partial charge < -0.3 is 15.2 Å². The fraction of sp³-hybridized carbons (Fsp3) is 0.368. The van der Waals surface area contributed by atoms with Crippen molar-refractivity contribution >= 4 is 5.91 Å². The quantitative estimate of drug-likeness (QED) is 0.599. The Hall–Kier alpha value is -2.68. The zero-order valence-electron chi connectivity index (χ0n) is 14.7. The number of amides is 1. The predicted molar refractivity (Wildman–Crippen MR) is 91.2 cm³/mol. The third-order valence-corrected chi connectivity index (χ3v) is 4.52. The molecule has 28 heavy (non-hydrogen) atoms. The maximum Gasteiger partial charge on any atom is 0.416 e. The SMILES string of the molecule is O=C(NCCOc1cccc(C(F)(F)F)c1)[C@]1(F)CC[C@H](O)c2ncccc21. The minimum absolute atomic E-state index is 0.00521. The van der Waals surface area contributed by atoms with Crippen LogP contribution >= 0.6 is 0 Å². The van der Waals surface area contributed by atoms with Gasteiger partial charge in [0.2, 0.25) is 5.67 Å². The standard InChI is InChI=1S/C19H18F4N2O3/c20-18(7-6-15(26)16-14(18)5-2-8-24-16)17(27)25-9-10-28-13-4-1-3-12(11-13)19(21,22)23/h1-5,8,11,15,26H,6-7,9-10H2,(H,25,27)/t15-,18-/m0/s1. The van der Waals surface area contributed by atoms with Crippen molar-refractivity contribution in [2.45, 2.75) is 30.8 Å². The van der Waals surface area contributed by atoms with Crippen LogP contribution in [-0.4, -0.2) is 29.1 Å². The molecular weight excluding hydrogens is 380 g/mol. The molecule has 150 valence electrons. The lowest BCUT2D eigenvalue weighted by molar-refractivity contribution is -0.137. The number of ether oxygens (including phenoxy) is 1. The second-order valence-corrected chi connectivity index (χ2v) is 6.42. The maximum absolute atomic E-state index is 15.3. The largest absolute Gasteiger partial charge is 0.492 e. The van der Waals surface area contributed by atoms with Gasteiger partial charge in [-0.15, -0.1) is 0 Å². The van der Waals surface area contributed by atoms with E-state index in [1.165, 1.54) is 30.5 Å². The summed E-state index contributed by atoms with van der Waals surface area (Å²) in [4.78, 5) is 16.3. The van der Waals surface area contributed by atoms with Crippen LogP contribution in [0.1, 0.15) is 35.8 Å². The lowest BCUT2D eigenvalue weighted by Gasteiger charge is -2.32. The highest BCUT2D eigenvalue weighted by Gasteiger charge is 2.46. The highest BCUT2D eigenvalue weighted by atomic mass is 19.4. The lowest BCUT2D eigenvalue weighted by atomic mass is 9.81. The molecule has 1 aromatic carbocycles. The van der Waals surface area contributed by atoms with Crippen LogP contribution in [0.25, 0.3) is 0 Å². The molecule has 1 aliphatic rings. The zero-order valence-corrected chi connectivity index (χ0v) is 14.7. The number of hydrogen-bond acceptors (Lipinski definition) is 4. The minimum atomic E-state index is -4.48. The normalized spacial score (nSPS) is 21.7. The third kappa shape index (κ3) is 4.09. The average molecular weight is 398 g/mol. The summed E-state index contributed by atoms with van der Waals surface area (Å²) in [7, 11) is 0. The number of carbonyl (C=O) groups is 1. The van der Waals surface area contributed by atoms with Crippen LogP contribution in [0.15, 0.2) is 42.6 Å². The van der Waals surface area contributed by atoms with Crippen LogP contribution in [-0.2, 0) is 16.6 Å². The van der Waals surface area contributed by atoms with Gasteiger partial charge in [-0.1, -0.05) is 12.1 Å². The molecule has 5 nitrogen and oxygen atoms in total. The number of aromatic nitrogens is 1. The molecule has 0 saturated heterocycles. The first kappa shape index (κ1) is 20.1. The first-order valence-electron chi connectivity index (χ1n) is 8.62. The van der Waals surface area contributed by atoms with E-state index in [0.29, 0.717) is 0 Å². The van der Waals surface area contributed by atoms with Crippen molar-refractivity contribution in [2.75, 3.05) is 13.2 Å². The van der Waals surface area contributed by atoms with Crippen molar-refractivity contribution in [1.82, 2.24) is 10.3 Å². The van der Waals surface area contributed by atoms with E-state index in [2.05, 4.69) is 10.3 Å². The van der Waals surface area contributed by atoms with Crippen molar-refractivity contribution in [3.8, 4) is 5.75 Å². The smallest absolute Gasteiger partial charge is 0.416 e. The molecule has 0 bridgehead atoms. The van der Waals surface area contributed by atoms with E-state index >= 15 is 4.39 Å². The lowest BCUT2D eigenvalue weighted by Crippen LogP contribution is -2.45. The number of aliphatic hydroxyl groups is 1. The van der Waals surface area contributed by atoms with E-state index in [0.717, 1.165) is 12.1 Å². The molecule has 2 atom stereocenters. The van der Waals surface area contributed by atoms with E-state index in [9.17, 15) is 23.1 Å². The van der Waals surface area contributed by atoms with Gasteiger partial charge in [-0.05, 0) is 37.1 Å². The molecule has 0 unspecified atom stereocenters. The molecule has 2 N–H and O–H groups in total. The van der Waals surface area contributed by atoms with Crippen molar-refractivity contribution in [1.29, 1.82) is 0 Å². The van der Waals surface area contributed by atoms with Crippen molar-refractivity contribution in [2.24, 2.45) is 0 Å². The van der Waals surface area contributed by atoms with E-state index in [1.807, 2.05) is 0 Å². The van der Waals surface area contributed by atoms with Crippen LogP contribution in [0, 0.1) is 0 Å². The van der Waals surface area contributed by atoms with Gasteiger partial charge in [-0.3, -0.25) is 9.78 Å². The molecule has 0 spiro atoms. The number of nitrogens with one attached hydrogen (secondary N) is 1. The van der Waals surface area contributed by atoms with Gasteiger partial charge in [-0.25, -0.2) is 4.39 Å². The van der Waals surface area contributed by atoms with Gasteiger partial charge in [0, 0.05) is 11.8 Å². The number of halogens is 4. The Bertz CT molecular complexity index is 859. The van der Waals surface area contributed by atoms with Gasteiger partial charge in [0.25, 0.3) is 5.91 Å². The molecular formula is C19H18F4N2O3. The Morgan fingerprint density at radius 1 is 1.32 bits per heavy atom. The molecule has 0 saturated carbocycles. The second kappa shape index (κ2) is 7.75. The molecule has 1 amide bonds. The number of alkyl halides is 4. The monoisotopic (exact) mass is 398 g/mol. The molecule has 1 heterocycles. The molecule has 2 aromatic rings. The Labute approximate surface area is 158 Å². The van der Waals surface area contributed by atoms with Gasteiger partial charge in [0.1, 0.15) is 12.4 Å². The van der Waals surface area contributed by atoms with Gasteiger partial charge in [0.15, 0.2) is 0 Å². The number of pyridine rings is 1. The number of fused-ring (bicyclic) bond motifs is 1. The van der Waals surface area contributed by atoms with Crippen LogP contribution < -0.4 is 10.1 Å². The van der Waals surface area contributed by atoms with Gasteiger partial charge in [-0.2, -0.15) is 13.2 Å². The average Bonchev–Trinajstić information content (AvgIpc) is 2.68. The predicted octanol–water partition coefficient (Wildman–Crippen LogP) is 3.29. The van der Waals surface area contributed by atoms with E-state index in [-0.39, 0.29) is 43.0 Å². The molecule has 1 aromatic heterocycles. The summed E-state index contributed by atoms with van der Waals surface area (Å²) in [6.07, 6.45) is -4.16. The highest BCUT2D eigenvalue weighted by Crippen LogP contribution is 2.42. The fourth-order valence-corrected chi connectivity index (χ4v) is 3.10. The molecule has 0 fully saturated rings.